The number of rotatable bonds is 5. The molecule has 1 aliphatic heterocycles. The number of nitrogens with two attached hydrogens (primary N) is 1. The van der Waals surface area contributed by atoms with E-state index < -0.39 is 0 Å². The van der Waals surface area contributed by atoms with Crippen LogP contribution in [0.5, 0.6) is 0 Å². The highest BCUT2D eigenvalue weighted by Crippen LogP contribution is 2.32. The molecule has 1 aliphatic rings. The molecule has 0 aromatic heterocycles. The van der Waals surface area contributed by atoms with E-state index >= 15 is 0 Å². The third-order valence-corrected chi connectivity index (χ3v) is 3.66. The van der Waals surface area contributed by atoms with Crippen LogP contribution in [0.3, 0.4) is 0 Å². The average molecular weight is 234 g/mol. The molecule has 94 valence electrons. The molecule has 1 saturated heterocycles. The van der Waals surface area contributed by atoms with Crippen molar-refractivity contribution in [2.75, 3.05) is 32.8 Å². The first-order valence-electron chi connectivity index (χ1n) is 6.43. The van der Waals surface area contributed by atoms with Crippen LogP contribution in [0.1, 0.15) is 17.9 Å². The van der Waals surface area contributed by atoms with E-state index in [1.165, 1.54) is 5.56 Å². The molecule has 0 bridgehead atoms. The summed E-state index contributed by atoms with van der Waals surface area (Å²) >= 11 is 0. The van der Waals surface area contributed by atoms with E-state index in [0.717, 1.165) is 32.6 Å². The number of nitrogens with zero attached hydrogens (tertiary/aromatic N) is 1. The Morgan fingerprint density at radius 1 is 1.24 bits per heavy atom. The van der Waals surface area contributed by atoms with Crippen LogP contribution in [-0.4, -0.2) is 42.8 Å². The van der Waals surface area contributed by atoms with Crippen molar-refractivity contribution in [1.29, 1.82) is 0 Å². The van der Waals surface area contributed by atoms with Gasteiger partial charge in [0.15, 0.2) is 0 Å². The zero-order chi connectivity index (χ0) is 12.1. The number of hydrogen-bond donors (Lipinski definition) is 2. The molecule has 0 saturated carbocycles. The summed E-state index contributed by atoms with van der Waals surface area (Å²) in [5, 5.41) is 9.49. The first kappa shape index (κ1) is 12.6. The lowest BCUT2D eigenvalue weighted by Crippen LogP contribution is -2.24. The number of hydrogen-bond acceptors (Lipinski definition) is 3. The Balaban J connectivity index is 2.02. The molecule has 3 nitrogen and oxygen atoms in total. The Morgan fingerprint density at radius 2 is 2.00 bits per heavy atom. The summed E-state index contributed by atoms with van der Waals surface area (Å²) in [6.45, 7) is 4.12. The zero-order valence-electron chi connectivity index (χ0n) is 10.3. The lowest BCUT2D eigenvalue weighted by molar-refractivity contribution is 0.215. The third-order valence-electron chi connectivity index (χ3n) is 3.66. The molecule has 1 aromatic carbocycles. The van der Waals surface area contributed by atoms with Crippen LogP contribution in [-0.2, 0) is 0 Å². The van der Waals surface area contributed by atoms with Crippen LogP contribution < -0.4 is 5.73 Å². The summed E-state index contributed by atoms with van der Waals surface area (Å²) < 4.78 is 0. The van der Waals surface area contributed by atoms with E-state index in [9.17, 15) is 5.11 Å². The predicted octanol–water partition coefficient (Wildman–Crippen LogP) is 1.04. The van der Waals surface area contributed by atoms with E-state index in [1.54, 1.807) is 0 Å². The summed E-state index contributed by atoms with van der Waals surface area (Å²) in [5.41, 5.74) is 6.89. The van der Waals surface area contributed by atoms with Crippen molar-refractivity contribution in [2.24, 2.45) is 11.7 Å². The molecule has 3 N–H and O–H groups in total. The lowest BCUT2D eigenvalue weighted by Gasteiger charge is -2.16. The highest BCUT2D eigenvalue weighted by atomic mass is 16.3. The molecule has 17 heavy (non-hydrogen) atoms. The number of benzene rings is 1. The van der Waals surface area contributed by atoms with E-state index in [1.807, 2.05) is 6.07 Å². The third kappa shape index (κ3) is 3.06. The second-order valence-corrected chi connectivity index (χ2v) is 4.86. The van der Waals surface area contributed by atoms with Gasteiger partial charge in [0.2, 0.25) is 0 Å². The SMILES string of the molecule is NCCCN1C[C@H](CO)[C@@H](c2ccccc2)C1. The van der Waals surface area contributed by atoms with Crippen molar-refractivity contribution in [1.82, 2.24) is 4.90 Å². The fraction of sp³-hybridized carbons (Fsp3) is 0.571. The van der Waals surface area contributed by atoms with Crippen LogP contribution in [0.4, 0.5) is 0 Å². The van der Waals surface area contributed by atoms with Crippen molar-refractivity contribution in [3.8, 4) is 0 Å². The van der Waals surface area contributed by atoms with Crippen molar-refractivity contribution in [3.63, 3.8) is 0 Å². The Kier molecular flexibility index (Phi) is 4.54. The van der Waals surface area contributed by atoms with Gasteiger partial charge in [0.1, 0.15) is 0 Å². The number of aliphatic hydroxyl groups is 1. The smallest absolute Gasteiger partial charge is 0.0477 e. The quantitative estimate of drug-likeness (QED) is 0.800. The van der Waals surface area contributed by atoms with Gasteiger partial charge in [-0.25, -0.2) is 0 Å². The first-order chi connectivity index (χ1) is 8.35. The van der Waals surface area contributed by atoms with Crippen LogP contribution in [0.25, 0.3) is 0 Å². The Bertz CT molecular complexity index is 328. The van der Waals surface area contributed by atoms with Crippen LogP contribution in [0.2, 0.25) is 0 Å². The minimum Gasteiger partial charge on any atom is -0.396 e. The molecule has 0 spiro atoms. The average Bonchev–Trinajstić information content (AvgIpc) is 2.80. The Hall–Kier alpha value is -0.900. The largest absolute Gasteiger partial charge is 0.396 e. The van der Waals surface area contributed by atoms with Crippen LogP contribution >= 0.6 is 0 Å². The normalized spacial score (nSPS) is 25.3. The van der Waals surface area contributed by atoms with Crippen molar-refractivity contribution in [3.05, 3.63) is 35.9 Å². The van der Waals surface area contributed by atoms with E-state index in [0.29, 0.717) is 11.8 Å². The molecule has 2 rings (SSSR count). The zero-order valence-corrected chi connectivity index (χ0v) is 10.3. The summed E-state index contributed by atoms with van der Waals surface area (Å²) in [6, 6.07) is 10.5. The molecule has 3 heteroatoms. The molecular formula is C14H22N2O. The van der Waals surface area contributed by atoms with E-state index in [2.05, 4.69) is 29.2 Å². The molecule has 0 amide bonds. The topological polar surface area (TPSA) is 49.5 Å². The van der Waals surface area contributed by atoms with Crippen LogP contribution in [0.15, 0.2) is 30.3 Å². The van der Waals surface area contributed by atoms with Crippen molar-refractivity contribution >= 4 is 0 Å². The highest BCUT2D eigenvalue weighted by molar-refractivity contribution is 5.22. The fourth-order valence-electron chi connectivity index (χ4n) is 2.72. The maximum Gasteiger partial charge on any atom is 0.0477 e. The van der Waals surface area contributed by atoms with Gasteiger partial charge >= 0.3 is 0 Å². The van der Waals surface area contributed by atoms with Gasteiger partial charge in [-0.05, 0) is 25.1 Å². The van der Waals surface area contributed by atoms with Gasteiger partial charge in [0.05, 0.1) is 0 Å². The van der Waals surface area contributed by atoms with Crippen molar-refractivity contribution in [2.45, 2.75) is 12.3 Å². The molecule has 0 radical (unpaired) electrons. The Labute approximate surface area is 103 Å². The molecule has 0 unspecified atom stereocenters. The maximum atomic E-state index is 9.49. The predicted molar refractivity (Wildman–Crippen MR) is 69.9 cm³/mol. The van der Waals surface area contributed by atoms with E-state index in [-0.39, 0.29) is 6.61 Å². The lowest BCUT2D eigenvalue weighted by atomic mass is 9.90. The van der Waals surface area contributed by atoms with Crippen molar-refractivity contribution < 1.29 is 5.11 Å². The van der Waals surface area contributed by atoms with Gasteiger partial charge in [-0.15, -0.1) is 0 Å². The standard InChI is InChI=1S/C14H22N2O/c15-7-4-8-16-9-13(11-17)14(10-16)12-5-2-1-3-6-12/h1-3,5-6,13-14,17H,4,7-11,15H2/t13-,14-/m1/s1. The maximum absolute atomic E-state index is 9.49. The van der Waals surface area contributed by atoms with Crippen LogP contribution in [0, 0.1) is 5.92 Å². The van der Waals surface area contributed by atoms with Gasteiger partial charge in [-0.3, -0.25) is 0 Å². The summed E-state index contributed by atoms with van der Waals surface area (Å²) in [4.78, 5) is 2.42. The highest BCUT2D eigenvalue weighted by Gasteiger charge is 2.32. The molecule has 0 aliphatic carbocycles. The summed E-state index contributed by atoms with van der Waals surface area (Å²) in [7, 11) is 0. The Morgan fingerprint density at radius 3 is 2.65 bits per heavy atom. The minimum atomic E-state index is 0.276. The fourth-order valence-corrected chi connectivity index (χ4v) is 2.72. The van der Waals surface area contributed by atoms with E-state index in [4.69, 9.17) is 5.73 Å². The molecule has 1 heterocycles. The molecule has 1 aromatic rings. The number of aliphatic hydroxyl groups excluding tert-OH is 1. The molecule has 1 fully saturated rings. The molecule has 2 atom stereocenters. The number of likely N-dealkylation sites (tertiary alicyclic amines) is 1. The summed E-state index contributed by atoms with van der Waals surface area (Å²) in [5.74, 6) is 0.842. The molecular weight excluding hydrogens is 212 g/mol. The van der Waals surface area contributed by atoms with Gasteiger partial charge in [0.25, 0.3) is 0 Å². The second-order valence-electron chi connectivity index (χ2n) is 4.86. The minimum absolute atomic E-state index is 0.276. The first-order valence-corrected chi connectivity index (χ1v) is 6.43. The summed E-state index contributed by atoms with van der Waals surface area (Å²) in [6.07, 6.45) is 1.04. The van der Waals surface area contributed by atoms with Gasteiger partial charge < -0.3 is 15.7 Å². The van der Waals surface area contributed by atoms with Gasteiger partial charge in [-0.1, -0.05) is 30.3 Å². The van der Waals surface area contributed by atoms with Gasteiger partial charge in [-0.2, -0.15) is 0 Å². The monoisotopic (exact) mass is 234 g/mol. The second kappa shape index (κ2) is 6.15. The van der Waals surface area contributed by atoms with Gasteiger partial charge in [0, 0.05) is 31.5 Å².